The molecule has 0 radical (unpaired) electrons. The van der Waals surface area contributed by atoms with Crippen LogP contribution in [0.3, 0.4) is 0 Å². The molecule has 6 nitrogen and oxygen atoms in total. The molecule has 0 aliphatic heterocycles. The molecule has 0 amide bonds. The number of hydrogen-bond donors (Lipinski definition) is 1. The van der Waals surface area contributed by atoms with E-state index in [-0.39, 0.29) is 5.15 Å². The van der Waals surface area contributed by atoms with E-state index in [0.29, 0.717) is 16.9 Å². The average Bonchev–Trinajstić information content (AvgIpc) is 2.88. The van der Waals surface area contributed by atoms with Gasteiger partial charge in [-0.3, -0.25) is 4.72 Å². The molecule has 0 aromatic carbocycles. The number of hydrogen-bond acceptors (Lipinski definition) is 4. The lowest BCUT2D eigenvalue weighted by molar-refractivity contribution is -0.141. The van der Waals surface area contributed by atoms with E-state index in [4.69, 9.17) is 11.6 Å². The fraction of sp³-hybridized carbons (Fsp3) is 0.200. The predicted molar refractivity (Wildman–Crippen MR) is 70.0 cm³/mol. The maximum Gasteiger partial charge on any atom is 0.516 e. The van der Waals surface area contributed by atoms with E-state index in [2.05, 4.69) is 10.1 Å². The van der Waals surface area contributed by atoms with Crippen LogP contribution in [0.2, 0.25) is 5.15 Å². The number of aromatic nitrogens is 3. The van der Waals surface area contributed by atoms with Gasteiger partial charge in [0, 0.05) is 12.3 Å². The minimum Gasteiger partial charge on any atom is -0.272 e. The van der Waals surface area contributed by atoms with Crippen molar-refractivity contribution >= 4 is 27.3 Å². The highest BCUT2D eigenvalue weighted by Gasteiger charge is 2.46. The Morgan fingerprint density at radius 3 is 2.29 bits per heavy atom. The molecule has 1 N–H and O–H groups in total. The smallest absolute Gasteiger partial charge is 0.272 e. The van der Waals surface area contributed by atoms with Crippen molar-refractivity contribution in [3.63, 3.8) is 0 Å². The highest BCUT2D eigenvalue weighted by molar-refractivity contribution is 7.93. The first-order valence-electron chi connectivity index (χ1n) is 5.69. The second kappa shape index (κ2) is 5.81. The summed E-state index contributed by atoms with van der Waals surface area (Å²) in [4.78, 5) is 3.39. The second-order valence-corrected chi connectivity index (χ2v) is 6.28. The third kappa shape index (κ3) is 3.72. The first-order valence-corrected chi connectivity index (χ1v) is 7.55. The number of alkyl halides is 6. The van der Waals surface area contributed by atoms with E-state index in [1.807, 2.05) is 0 Å². The lowest BCUT2D eigenvalue weighted by atomic mass is 10.3. The van der Waals surface area contributed by atoms with Gasteiger partial charge in [-0.2, -0.15) is 39.9 Å². The average molecular weight is 395 g/mol. The van der Waals surface area contributed by atoms with Gasteiger partial charge in [-0.25, -0.2) is 9.67 Å². The molecule has 0 spiro atoms. The summed E-state index contributed by atoms with van der Waals surface area (Å²) >= 11 is 5.55. The Labute approximate surface area is 135 Å². The van der Waals surface area contributed by atoms with Gasteiger partial charge >= 0.3 is 21.7 Å². The lowest BCUT2D eigenvalue weighted by Gasteiger charge is -2.14. The number of nitrogens with one attached hydrogen (secondary N) is 1. The summed E-state index contributed by atoms with van der Waals surface area (Å²) in [5.41, 5.74) is -8.20. The fourth-order valence-electron chi connectivity index (χ4n) is 1.50. The third-order valence-electron chi connectivity index (χ3n) is 2.52. The van der Waals surface area contributed by atoms with Crippen molar-refractivity contribution in [3.8, 4) is 5.69 Å². The predicted octanol–water partition coefficient (Wildman–Crippen LogP) is 3.20. The lowest BCUT2D eigenvalue weighted by Crippen LogP contribution is -2.30. The number of sulfonamides is 1. The number of nitrogens with zero attached hydrogens (tertiary/aromatic N) is 3. The zero-order valence-electron chi connectivity index (χ0n) is 11.0. The largest absolute Gasteiger partial charge is 0.516 e. The molecule has 0 saturated carbocycles. The van der Waals surface area contributed by atoms with Gasteiger partial charge in [-0.1, -0.05) is 11.6 Å². The van der Waals surface area contributed by atoms with E-state index in [0.717, 1.165) is 12.3 Å². The van der Waals surface area contributed by atoms with Crippen LogP contribution in [-0.4, -0.2) is 28.7 Å². The molecule has 14 heteroatoms. The maximum absolute atomic E-state index is 12.5. The second-order valence-electron chi connectivity index (χ2n) is 4.22. The number of pyridine rings is 1. The zero-order chi connectivity index (χ0) is 18.3. The van der Waals surface area contributed by atoms with Gasteiger partial charge in [0.15, 0.2) is 5.69 Å². The van der Waals surface area contributed by atoms with Crippen LogP contribution in [-0.2, 0) is 16.2 Å². The van der Waals surface area contributed by atoms with Crippen molar-refractivity contribution in [2.75, 3.05) is 4.72 Å². The summed E-state index contributed by atoms with van der Waals surface area (Å²) in [6.45, 7) is 0. The molecule has 2 aromatic rings. The molecular formula is C10H5ClF6N4O2S. The van der Waals surface area contributed by atoms with E-state index in [1.54, 1.807) is 0 Å². The molecule has 0 saturated heterocycles. The van der Waals surface area contributed by atoms with Gasteiger partial charge in [0.2, 0.25) is 0 Å². The Hall–Kier alpha value is -2.02. The van der Waals surface area contributed by atoms with Crippen LogP contribution < -0.4 is 4.72 Å². The summed E-state index contributed by atoms with van der Waals surface area (Å²) < 4.78 is 98.9. The third-order valence-corrected chi connectivity index (χ3v) is 3.83. The van der Waals surface area contributed by atoms with Gasteiger partial charge in [0.25, 0.3) is 0 Å². The normalized spacial score (nSPS) is 13.1. The van der Waals surface area contributed by atoms with Crippen LogP contribution in [0.25, 0.3) is 5.69 Å². The number of anilines is 1. The van der Waals surface area contributed by atoms with Crippen molar-refractivity contribution in [2.45, 2.75) is 11.7 Å². The van der Waals surface area contributed by atoms with Crippen molar-refractivity contribution in [1.82, 2.24) is 14.8 Å². The number of halogens is 7. The van der Waals surface area contributed by atoms with Gasteiger partial charge in [-0.05, 0) is 6.07 Å². The topological polar surface area (TPSA) is 76.9 Å². The molecule has 24 heavy (non-hydrogen) atoms. The minimum absolute atomic E-state index is 0.302. The van der Waals surface area contributed by atoms with E-state index < -0.39 is 38.8 Å². The Bertz CT molecular complexity index is 861. The first-order chi connectivity index (χ1) is 10.8. The first kappa shape index (κ1) is 18.3. The van der Waals surface area contributed by atoms with Crippen molar-refractivity contribution in [1.29, 1.82) is 0 Å². The Morgan fingerprint density at radius 2 is 1.79 bits per heavy atom. The molecule has 0 fully saturated rings. The van der Waals surface area contributed by atoms with Crippen LogP contribution in [0.1, 0.15) is 5.69 Å². The van der Waals surface area contributed by atoms with E-state index in [9.17, 15) is 34.8 Å². The van der Waals surface area contributed by atoms with Crippen molar-refractivity contribution in [3.05, 3.63) is 35.4 Å². The molecule has 0 atom stereocenters. The molecule has 132 valence electrons. The van der Waals surface area contributed by atoms with Crippen LogP contribution >= 0.6 is 11.6 Å². The summed E-state index contributed by atoms with van der Waals surface area (Å²) in [6.07, 6.45) is -3.40. The van der Waals surface area contributed by atoms with Crippen LogP contribution in [0, 0.1) is 0 Å². The molecule has 0 bridgehead atoms. The molecule has 0 aliphatic carbocycles. The highest BCUT2D eigenvalue weighted by Crippen LogP contribution is 2.31. The summed E-state index contributed by atoms with van der Waals surface area (Å²) in [5.74, 6) is 0. The van der Waals surface area contributed by atoms with Gasteiger partial charge in [-0.15, -0.1) is 0 Å². The SMILES string of the molecule is O=S(=O)(Nc1cnc(Cl)cc1-n1ccc(C(F)(F)F)n1)C(F)(F)F. The minimum atomic E-state index is -5.81. The van der Waals surface area contributed by atoms with Gasteiger partial charge < -0.3 is 0 Å². The Balaban J connectivity index is 2.52. The van der Waals surface area contributed by atoms with Crippen LogP contribution in [0.15, 0.2) is 24.5 Å². The van der Waals surface area contributed by atoms with Crippen molar-refractivity contribution in [2.24, 2.45) is 0 Å². The fourth-order valence-corrected chi connectivity index (χ4v) is 2.21. The molecular weight excluding hydrogens is 390 g/mol. The summed E-state index contributed by atoms with van der Waals surface area (Å²) in [5, 5.41) is 2.83. The molecule has 0 unspecified atom stereocenters. The molecule has 0 aliphatic rings. The quantitative estimate of drug-likeness (QED) is 0.640. The Morgan fingerprint density at radius 1 is 1.17 bits per heavy atom. The standard InChI is InChI=1S/C10H5ClF6N4O2S/c11-8-3-6(21-2-1-7(19-21)9(12,13)14)5(4-18-8)20-24(22,23)10(15,16)17/h1-4,20H. The zero-order valence-corrected chi connectivity index (χ0v) is 12.6. The van der Waals surface area contributed by atoms with Crippen LogP contribution in [0.5, 0.6) is 0 Å². The maximum atomic E-state index is 12.5. The summed E-state index contributed by atoms with van der Waals surface area (Å²) in [6, 6.07) is 1.40. The van der Waals surface area contributed by atoms with Crippen molar-refractivity contribution < 1.29 is 34.8 Å². The highest BCUT2D eigenvalue weighted by atomic mass is 35.5. The molecule has 2 rings (SSSR count). The molecule has 2 aromatic heterocycles. The Kier molecular flexibility index (Phi) is 4.43. The van der Waals surface area contributed by atoms with E-state index in [1.165, 1.54) is 4.72 Å². The monoisotopic (exact) mass is 394 g/mol. The van der Waals surface area contributed by atoms with E-state index >= 15 is 0 Å². The summed E-state index contributed by atoms with van der Waals surface area (Å²) in [7, 11) is -5.81. The molecule has 2 heterocycles. The van der Waals surface area contributed by atoms with Gasteiger partial charge in [0.1, 0.15) is 5.15 Å². The number of rotatable bonds is 3. The van der Waals surface area contributed by atoms with Crippen LogP contribution in [0.4, 0.5) is 32.0 Å². The van der Waals surface area contributed by atoms with Gasteiger partial charge in [0.05, 0.1) is 17.6 Å².